The highest BCUT2D eigenvalue weighted by Crippen LogP contribution is 2.49. The first-order valence-corrected chi connectivity index (χ1v) is 8.31. The molecule has 0 radical (unpaired) electrons. The van der Waals surface area contributed by atoms with Crippen molar-refractivity contribution in [1.29, 1.82) is 0 Å². The topological polar surface area (TPSA) is 66.4 Å². The molecular formula is C20H20FNO3. The number of hydrogen-bond acceptors (Lipinski definition) is 2. The first-order chi connectivity index (χ1) is 12.0. The Kier molecular flexibility index (Phi) is 4.83. The van der Waals surface area contributed by atoms with Gasteiger partial charge in [-0.3, -0.25) is 9.59 Å². The van der Waals surface area contributed by atoms with Crippen molar-refractivity contribution in [1.82, 2.24) is 5.32 Å². The third kappa shape index (κ3) is 3.87. The predicted octanol–water partition coefficient (Wildman–Crippen LogP) is 3.13. The van der Waals surface area contributed by atoms with Gasteiger partial charge < -0.3 is 10.4 Å². The van der Waals surface area contributed by atoms with Crippen LogP contribution >= 0.6 is 0 Å². The molecule has 1 aliphatic rings. The van der Waals surface area contributed by atoms with Gasteiger partial charge in [-0.05, 0) is 36.5 Å². The van der Waals surface area contributed by atoms with Gasteiger partial charge in [-0.15, -0.1) is 0 Å². The van der Waals surface area contributed by atoms with Gasteiger partial charge in [0.1, 0.15) is 5.82 Å². The summed E-state index contributed by atoms with van der Waals surface area (Å²) in [6.45, 7) is 0.0250. The first kappa shape index (κ1) is 17.1. The van der Waals surface area contributed by atoms with Crippen LogP contribution in [0.1, 0.15) is 29.9 Å². The maximum absolute atomic E-state index is 13.8. The van der Waals surface area contributed by atoms with Crippen LogP contribution in [-0.4, -0.2) is 23.5 Å². The Labute approximate surface area is 145 Å². The molecule has 0 aliphatic heterocycles. The molecule has 0 spiro atoms. The van der Waals surface area contributed by atoms with Crippen molar-refractivity contribution in [2.24, 2.45) is 5.41 Å². The molecule has 5 heteroatoms. The number of nitrogens with one attached hydrogen (secondary N) is 1. The van der Waals surface area contributed by atoms with Crippen LogP contribution in [0, 0.1) is 11.2 Å². The summed E-state index contributed by atoms with van der Waals surface area (Å²) < 4.78 is 13.8. The normalized spacial score (nSPS) is 16.0. The number of amides is 1. The first-order valence-electron chi connectivity index (χ1n) is 8.31. The van der Waals surface area contributed by atoms with Crippen LogP contribution in [0.4, 0.5) is 4.39 Å². The molecule has 1 fully saturated rings. The Morgan fingerprint density at radius 3 is 2.32 bits per heavy atom. The molecule has 3 rings (SSSR count). The molecule has 1 atom stereocenters. The van der Waals surface area contributed by atoms with Crippen molar-refractivity contribution in [3.8, 4) is 0 Å². The number of aliphatic carboxylic acids is 1. The number of rotatable bonds is 7. The summed E-state index contributed by atoms with van der Waals surface area (Å²) in [5, 5.41) is 12.2. The zero-order chi connectivity index (χ0) is 17.9. The third-order valence-electron chi connectivity index (χ3n) is 4.79. The van der Waals surface area contributed by atoms with Gasteiger partial charge in [0.25, 0.3) is 0 Å². The van der Waals surface area contributed by atoms with Crippen molar-refractivity contribution in [2.75, 3.05) is 6.54 Å². The zero-order valence-corrected chi connectivity index (χ0v) is 13.7. The van der Waals surface area contributed by atoms with Gasteiger partial charge in [0.2, 0.25) is 5.91 Å². The van der Waals surface area contributed by atoms with Gasteiger partial charge in [0.15, 0.2) is 0 Å². The van der Waals surface area contributed by atoms with Gasteiger partial charge >= 0.3 is 5.97 Å². The number of carbonyl (C=O) groups is 2. The number of hydrogen-bond donors (Lipinski definition) is 2. The molecule has 25 heavy (non-hydrogen) atoms. The van der Waals surface area contributed by atoms with E-state index in [-0.39, 0.29) is 18.3 Å². The van der Waals surface area contributed by atoms with Crippen LogP contribution < -0.4 is 5.32 Å². The van der Waals surface area contributed by atoms with E-state index in [0.717, 1.165) is 0 Å². The highest BCUT2D eigenvalue weighted by Gasteiger charge is 2.50. The molecule has 2 aromatic rings. The monoisotopic (exact) mass is 341 g/mol. The molecule has 0 bridgehead atoms. The summed E-state index contributed by atoms with van der Waals surface area (Å²) in [5.74, 6) is -2.29. The number of carboxylic acid groups (broad SMARTS) is 1. The van der Waals surface area contributed by atoms with Gasteiger partial charge in [0, 0.05) is 6.54 Å². The summed E-state index contributed by atoms with van der Waals surface area (Å²) in [4.78, 5) is 24.1. The predicted molar refractivity (Wildman–Crippen MR) is 91.6 cm³/mol. The lowest BCUT2D eigenvalue weighted by atomic mass is 9.94. The molecule has 1 amide bonds. The van der Waals surface area contributed by atoms with Crippen molar-refractivity contribution >= 4 is 11.9 Å². The zero-order valence-electron chi connectivity index (χ0n) is 13.7. The lowest BCUT2D eigenvalue weighted by molar-refractivity contribution is -0.138. The minimum absolute atomic E-state index is 0.0250. The van der Waals surface area contributed by atoms with E-state index in [0.29, 0.717) is 30.4 Å². The quantitative estimate of drug-likeness (QED) is 0.813. The third-order valence-corrected chi connectivity index (χ3v) is 4.79. The molecule has 1 aliphatic carbocycles. The number of benzene rings is 2. The average molecular weight is 341 g/mol. The maximum Gasteiger partial charge on any atom is 0.312 e. The van der Waals surface area contributed by atoms with E-state index < -0.39 is 17.3 Å². The van der Waals surface area contributed by atoms with E-state index in [1.54, 1.807) is 42.5 Å². The molecule has 0 saturated heterocycles. The number of carbonyl (C=O) groups excluding carboxylic acids is 1. The van der Waals surface area contributed by atoms with Gasteiger partial charge in [-0.25, -0.2) is 4.39 Å². The van der Waals surface area contributed by atoms with E-state index in [1.165, 1.54) is 6.07 Å². The Morgan fingerprint density at radius 2 is 1.72 bits per heavy atom. The van der Waals surface area contributed by atoms with Crippen molar-refractivity contribution in [3.63, 3.8) is 0 Å². The molecule has 130 valence electrons. The van der Waals surface area contributed by atoms with Crippen molar-refractivity contribution < 1.29 is 19.1 Å². The standard InChI is InChI=1S/C20H20FNO3/c21-17-9-5-4-8-15(17)12-20(10-11-20)19(25)22-13-16(18(23)24)14-6-2-1-3-7-14/h1-9,16H,10-13H2,(H,22,25)(H,23,24). The summed E-state index contributed by atoms with van der Waals surface area (Å²) in [6, 6.07) is 15.3. The van der Waals surface area contributed by atoms with Crippen LogP contribution in [0.5, 0.6) is 0 Å². The lowest BCUT2D eigenvalue weighted by Crippen LogP contribution is -2.37. The highest BCUT2D eigenvalue weighted by atomic mass is 19.1. The smallest absolute Gasteiger partial charge is 0.312 e. The van der Waals surface area contributed by atoms with Crippen LogP contribution in [-0.2, 0) is 16.0 Å². The molecule has 1 saturated carbocycles. The summed E-state index contributed by atoms with van der Waals surface area (Å²) in [6.07, 6.45) is 1.72. The van der Waals surface area contributed by atoms with Crippen LogP contribution in [0.2, 0.25) is 0 Å². The van der Waals surface area contributed by atoms with E-state index in [4.69, 9.17) is 0 Å². The summed E-state index contributed by atoms with van der Waals surface area (Å²) in [7, 11) is 0. The molecule has 0 heterocycles. The Hall–Kier alpha value is -2.69. The maximum atomic E-state index is 13.8. The van der Waals surface area contributed by atoms with E-state index in [1.807, 2.05) is 6.07 Å². The van der Waals surface area contributed by atoms with Gasteiger partial charge in [-0.1, -0.05) is 48.5 Å². The molecule has 2 aromatic carbocycles. The Bertz CT molecular complexity index is 772. The fraction of sp³-hybridized carbons (Fsp3) is 0.300. The average Bonchev–Trinajstić information content (AvgIpc) is 3.38. The molecule has 1 unspecified atom stereocenters. The highest BCUT2D eigenvalue weighted by molar-refractivity contribution is 5.86. The van der Waals surface area contributed by atoms with Crippen LogP contribution in [0.15, 0.2) is 54.6 Å². The van der Waals surface area contributed by atoms with Gasteiger partial charge in [-0.2, -0.15) is 0 Å². The SMILES string of the molecule is O=C(O)C(CNC(=O)C1(Cc2ccccc2F)CC1)c1ccccc1. The molecule has 0 aromatic heterocycles. The molecule has 2 N–H and O–H groups in total. The van der Waals surface area contributed by atoms with Gasteiger partial charge in [0.05, 0.1) is 11.3 Å². The largest absolute Gasteiger partial charge is 0.481 e. The second kappa shape index (κ2) is 7.05. The number of halogens is 1. The molecule has 4 nitrogen and oxygen atoms in total. The fourth-order valence-electron chi connectivity index (χ4n) is 3.06. The van der Waals surface area contributed by atoms with Crippen molar-refractivity contribution in [2.45, 2.75) is 25.2 Å². The van der Waals surface area contributed by atoms with Crippen LogP contribution in [0.25, 0.3) is 0 Å². The fourth-order valence-corrected chi connectivity index (χ4v) is 3.06. The van der Waals surface area contributed by atoms with E-state index >= 15 is 0 Å². The minimum Gasteiger partial charge on any atom is -0.481 e. The van der Waals surface area contributed by atoms with E-state index in [9.17, 15) is 19.1 Å². The Balaban J connectivity index is 1.65. The van der Waals surface area contributed by atoms with E-state index in [2.05, 4.69) is 5.32 Å². The van der Waals surface area contributed by atoms with Crippen LogP contribution in [0.3, 0.4) is 0 Å². The summed E-state index contributed by atoms with van der Waals surface area (Å²) in [5.41, 5.74) is 0.560. The Morgan fingerprint density at radius 1 is 1.08 bits per heavy atom. The molecular weight excluding hydrogens is 321 g/mol. The number of carboxylic acids is 1. The lowest BCUT2D eigenvalue weighted by Gasteiger charge is -2.18. The second-order valence-corrected chi connectivity index (χ2v) is 6.56. The second-order valence-electron chi connectivity index (χ2n) is 6.56. The van der Waals surface area contributed by atoms with Crippen molar-refractivity contribution in [3.05, 3.63) is 71.5 Å². The minimum atomic E-state index is -0.981. The summed E-state index contributed by atoms with van der Waals surface area (Å²) >= 11 is 0.